The van der Waals surface area contributed by atoms with Crippen LogP contribution < -0.4 is 0 Å². The van der Waals surface area contributed by atoms with Gasteiger partial charge in [0.15, 0.2) is 0 Å². The highest BCUT2D eigenvalue weighted by Gasteiger charge is 2.28. The van der Waals surface area contributed by atoms with E-state index in [1.165, 1.54) is 25.7 Å². The molecular formula is C12H21NO. The van der Waals surface area contributed by atoms with Crippen LogP contribution in [0.3, 0.4) is 0 Å². The molecule has 1 amide bonds. The lowest BCUT2D eigenvalue weighted by molar-refractivity contribution is -0.128. The van der Waals surface area contributed by atoms with Crippen LogP contribution >= 0.6 is 0 Å². The number of hydrogen-bond acceptors (Lipinski definition) is 1. The van der Waals surface area contributed by atoms with Gasteiger partial charge in [0.2, 0.25) is 5.91 Å². The monoisotopic (exact) mass is 195 g/mol. The lowest BCUT2D eigenvalue weighted by atomic mass is 9.99. The minimum Gasteiger partial charge on any atom is -0.319 e. The molecule has 14 heavy (non-hydrogen) atoms. The van der Waals surface area contributed by atoms with E-state index in [2.05, 4.69) is 13.5 Å². The zero-order chi connectivity index (χ0) is 10.4. The quantitative estimate of drug-likeness (QED) is 0.597. The van der Waals surface area contributed by atoms with Gasteiger partial charge < -0.3 is 4.90 Å². The molecule has 0 radical (unpaired) electrons. The van der Waals surface area contributed by atoms with Crippen molar-refractivity contribution < 1.29 is 4.79 Å². The van der Waals surface area contributed by atoms with Gasteiger partial charge in [0.1, 0.15) is 0 Å². The van der Waals surface area contributed by atoms with Crippen molar-refractivity contribution in [2.75, 3.05) is 6.54 Å². The fraction of sp³-hybridized carbons (Fsp3) is 0.750. The summed E-state index contributed by atoms with van der Waals surface area (Å²) in [6.45, 7) is 6.73. The molecule has 1 aliphatic rings. The summed E-state index contributed by atoms with van der Waals surface area (Å²) in [4.78, 5) is 13.4. The van der Waals surface area contributed by atoms with Crippen LogP contribution in [0, 0.1) is 5.92 Å². The molecule has 0 bridgehead atoms. The third kappa shape index (κ3) is 2.86. The number of hydrogen-bond donors (Lipinski definition) is 0. The predicted octanol–water partition coefficient (Wildman–Crippen LogP) is 2.95. The number of likely N-dealkylation sites (tertiary alicyclic amines) is 1. The molecule has 0 saturated carbocycles. The Morgan fingerprint density at radius 1 is 1.50 bits per heavy atom. The van der Waals surface area contributed by atoms with Crippen LogP contribution in [0.4, 0.5) is 0 Å². The standard InChI is InChI=1S/C12H21NO/c1-3-5-6-7-8-11-9-10-13(4-2)12(11)14/h4,11H,2-3,5-10H2,1H3. The highest BCUT2D eigenvalue weighted by Crippen LogP contribution is 2.23. The van der Waals surface area contributed by atoms with Crippen LogP contribution in [-0.2, 0) is 4.79 Å². The fourth-order valence-corrected chi connectivity index (χ4v) is 2.03. The first-order valence-corrected chi connectivity index (χ1v) is 5.72. The molecule has 0 aliphatic carbocycles. The Balaban J connectivity index is 2.19. The number of rotatable bonds is 6. The number of nitrogens with zero attached hydrogens (tertiary/aromatic N) is 1. The van der Waals surface area contributed by atoms with E-state index in [4.69, 9.17) is 0 Å². The lowest BCUT2D eigenvalue weighted by Gasteiger charge is -2.10. The first-order chi connectivity index (χ1) is 6.79. The Morgan fingerprint density at radius 2 is 2.29 bits per heavy atom. The van der Waals surface area contributed by atoms with Gasteiger partial charge in [0.05, 0.1) is 0 Å². The summed E-state index contributed by atoms with van der Waals surface area (Å²) < 4.78 is 0. The predicted molar refractivity (Wildman–Crippen MR) is 58.8 cm³/mol. The van der Waals surface area contributed by atoms with Crippen LogP contribution in [0.2, 0.25) is 0 Å². The average Bonchev–Trinajstić information content (AvgIpc) is 2.55. The molecular weight excluding hydrogens is 174 g/mol. The van der Waals surface area contributed by atoms with Crippen molar-refractivity contribution in [2.24, 2.45) is 5.92 Å². The summed E-state index contributed by atoms with van der Waals surface area (Å²) in [7, 11) is 0. The summed E-state index contributed by atoms with van der Waals surface area (Å²) in [5, 5.41) is 0. The van der Waals surface area contributed by atoms with Gasteiger partial charge in [-0.3, -0.25) is 4.79 Å². The maximum atomic E-state index is 11.7. The molecule has 0 aromatic rings. The first-order valence-electron chi connectivity index (χ1n) is 5.72. The van der Waals surface area contributed by atoms with Gasteiger partial charge in [-0.2, -0.15) is 0 Å². The van der Waals surface area contributed by atoms with E-state index in [0.29, 0.717) is 0 Å². The second-order valence-electron chi connectivity index (χ2n) is 4.05. The van der Waals surface area contributed by atoms with E-state index in [-0.39, 0.29) is 11.8 Å². The molecule has 1 atom stereocenters. The maximum absolute atomic E-state index is 11.7. The summed E-state index contributed by atoms with van der Waals surface area (Å²) >= 11 is 0. The Bertz CT molecular complexity index is 200. The Kier molecular flexibility index (Phi) is 4.71. The molecule has 80 valence electrons. The smallest absolute Gasteiger partial charge is 0.229 e. The zero-order valence-electron chi connectivity index (χ0n) is 9.17. The van der Waals surface area contributed by atoms with Crippen molar-refractivity contribution in [1.82, 2.24) is 4.90 Å². The molecule has 0 aromatic heterocycles. The third-order valence-corrected chi connectivity index (χ3v) is 2.98. The molecule has 0 aromatic carbocycles. The van der Waals surface area contributed by atoms with Crippen molar-refractivity contribution in [2.45, 2.75) is 45.4 Å². The van der Waals surface area contributed by atoms with Gasteiger partial charge in [-0.05, 0) is 19.0 Å². The Hall–Kier alpha value is -0.790. The van der Waals surface area contributed by atoms with Crippen LogP contribution in [0.1, 0.15) is 45.4 Å². The molecule has 1 aliphatic heterocycles. The van der Waals surface area contributed by atoms with Crippen molar-refractivity contribution in [3.8, 4) is 0 Å². The maximum Gasteiger partial charge on any atom is 0.229 e. The van der Waals surface area contributed by atoms with Gasteiger partial charge in [-0.15, -0.1) is 0 Å². The number of unbranched alkanes of at least 4 members (excludes halogenated alkanes) is 3. The van der Waals surface area contributed by atoms with E-state index in [1.807, 2.05) is 0 Å². The zero-order valence-corrected chi connectivity index (χ0v) is 9.17. The first kappa shape index (κ1) is 11.3. The number of amides is 1. The minimum atomic E-state index is 0.282. The fourth-order valence-electron chi connectivity index (χ4n) is 2.03. The van der Waals surface area contributed by atoms with Crippen molar-refractivity contribution in [3.63, 3.8) is 0 Å². The Morgan fingerprint density at radius 3 is 2.86 bits per heavy atom. The second-order valence-corrected chi connectivity index (χ2v) is 4.05. The molecule has 1 unspecified atom stereocenters. The molecule has 1 rings (SSSR count). The summed E-state index contributed by atoms with van der Waals surface area (Å²) in [5.41, 5.74) is 0. The topological polar surface area (TPSA) is 20.3 Å². The van der Waals surface area contributed by atoms with E-state index < -0.39 is 0 Å². The molecule has 1 heterocycles. The molecule has 1 fully saturated rings. The van der Waals surface area contributed by atoms with Crippen LogP contribution in [0.15, 0.2) is 12.8 Å². The van der Waals surface area contributed by atoms with Crippen molar-refractivity contribution in [3.05, 3.63) is 12.8 Å². The molecule has 2 nitrogen and oxygen atoms in total. The van der Waals surface area contributed by atoms with Gasteiger partial charge in [0.25, 0.3) is 0 Å². The van der Waals surface area contributed by atoms with E-state index >= 15 is 0 Å². The summed E-state index contributed by atoms with van der Waals surface area (Å²) in [6.07, 6.45) is 8.79. The Labute approximate surface area is 87.0 Å². The van der Waals surface area contributed by atoms with Gasteiger partial charge in [-0.1, -0.05) is 39.2 Å². The van der Waals surface area contributed by atoms with E-state index in [9.17, 15) is 4.79 Å². The van der Waals surface area contributed by atoms with Gasteiger partial charge >= 0.3 is 0 Å². The highest BCUT2D eigenvalue weighted by atomic mass is 16.2. The highest BCUT2D eigenvalue weighted by molar-refractivity contribution is 5.81. The average molecular weight is 195 g/mol. The molecule has 2 heteroatoms. The van der Waals surface area contributed by atoms with Crippen LogP contribution in [-0.4, -0.2) is 17.4 Å². The van der Waals surface area contributed by atoms with Crippen LogP contribution in [0.25, 0.3) is 0 Å². The van der Waals surface area contributed by atoms with E-state index in [0.717, 1.165) is 19.4 Å². The SMILES string of the molecule is C=CN1CCC(CCCCCC)C1=O. The second kappa shape index (κ2) is 5.84. The normalized spacial score (nSPS) is 21.6. The van der Waals surface area contributed by atoms with Gasteiger partial charge in [-0.25, -0.2) is 0 Å². The number of carbonyl (C=O) groups is 1. The molecule has 0 N–H and O–H groups in total. The number of carbonyl (C=O) groups excluding carboxylic acids is 1. The largest absolute Gasteiger partial charge is 0.319 e. The third-order valence-electron chi connectivity index (χ3n) is 2.98. The summed E-state index contributed by atoms with van der Waals surface area (Å²) in [6, 6.07) is 0. The summed E-state index contributed by atoms with van der Waals surface area (Å²) in [5.74, 6) is 0.571. The van der Waals surface area contributed by atoms with Crippen molar-refractivity contribution in [1.29, 1.82) is 0 Å². The lowest BCUT2D eigenvalue weighted by Crippen LogP contribution is -2.21. The van der Waals surface area contributed by atoms with Gasteiger partial charge in [0, 0.05) is 12.5 Å². The van der Waals surface area contributed by atoms with Crippen LogP contribution in [0.5, 0.6) is 0 Å². The minimum absolute atomic E-state index is 0.282. The van der Waals surface area contributed by atoms with E-state index in [1.54, 1.807) is 11.1 Å². The molecule has 0 spiro atoms. The molecule has 1 saturated heterocycles. The van der Waals surface area contributed by atoms with Crippen molar-refractivity contribution >= 4 is 5.91 Å².